The average molecular weight is 325 g/mol. The van der Waals surface area contributed by atoms with Crippen molar-refractivity contribution in [2.75, 3.05) is 14.2 Å². The van der Waals surface area contributed by atoms with E-state index in [2.05, 4.69) is 16.9 Å². The molecule has 0 unspecified atom stereocenters. The molecule has 112 valence electrons. The average Bonchev–Trinajstić information content (AvgIpc) is 2.45. The Hall–Kier alpha value is -1.59. The molecule has 0 amide bonds. The van der Waals surface area contributed by atoms with E-state index in [4.69, 9.17) is 33.3 Å². The predicted molar refractivity (Wildman–Crippen MR) is 87.1 cm³/mol. The van der Waals surface area contributed by atoms with Gasteiger partial charge in [-0.05, 0) is 25.5 Å². The molecule has 0 aliphatic rings. The number of nitrogens with zero attached hydrogens (tertiary/aromatic N) is 1. The van der Waals surface area contributed by atoms with Crippen LogP contribution in [0.1, 0.15) is 18.2 Å². The number of hydrogen-bond acceptors (Lipinski definition) is 4. The first-order valence-corrected chi connectivity index (χ1v) is 7.32. The maximum atomic E-state index is 6.23. The highest BCUT2D eigenvalue weighted by Gasteiger charge is 2.14. The Morgan fingerprint density at radius 2 is 2.00 bits per heavy atom. The molecular weight excluding hydrogens is 308 g/mol. The van der Waals surface area contributed by atoms with E-state index in [1.807, 2.05) is 13.0 Å². The molecule has 21 heavy (non-hydrogen) atoms. The highest BCUT2D eigenvalue weighted by atomic mass is 35.5. The molecule has 1 N–H and O–H groups in total. The van der Waals surface area contributed by atoms with Crippen LogP contribution in [0.2, 0.25) is 5.02 Å². The molecule has 0 saturated carbocycles. The van der Waals surface area contributed by atoms with Crippen molar-refractivity contribution in [1.82, 2.24) is 9.97 Å². The molecule has 6 heteroatoms. The van der Waals surface area contributed by atoms with Gasteiger partial charge in [-0.15, -0.1) is 0 Å². The van der Waals surface area contributed by atoms with Crippen molar-refractivity contribution in [2.45, 2.75) is 20.3 Å². The fourth-order valence-electron chi connectivity index (χ4n) is 2.22. The zero-order valence-corrected chi connectivity index (χ0v) is 14.0. The third kappa shape index (κ3) is 3.04. The predicted octanol–water partition coefficient (Wildman–Crippen LogP) is 4.35. The summed E-state index contributed by atoms with van der Waals surface area (Å²) in [5.41, 5.74) is 2.87. The summed E-state index contributed by atoms with van der Waals surface area (Å²) in [5, 5.41) is 0.463. The number of rotatable bonds is 4. The van der Waals surface area contributed by atoms with Crippen LogP contribution in [0.3, 0.4) is 0 Å². The van der Waals surface area contributed by atoms with Crippen LogP contribution in [-0.2, 0) is 6.42 Å². The highest BCUT2D eigenvalue weighted by molar-refractivity contribution is 7.71. The number of ether oxygens (including phenoxy) is 2. The van der Waals surface area contributed by atoms with E-state index >= 15 is 0 Å². The van der Waals surface area contributed by atoms with Crippen LogP contribution < -0.4 is 9.47 Å². The summed E-state index contributed by atoms with van der Waals surface area (Å²) in [6.45, 7) is 4.04. The lowest BCUT2D eigenvalue weighted by molar-refractivity contribution is 0.355. The van der Waals surface area contributed by atoms with Crippen molar-refractivity contribution in [2.24, 2.45) is 0 Å². The van der Waals surface area contributed by atoms with Crippen molar-refractivity contribution >= 4 is 23.8 Å². The van der Waals surface area contributed by atoms with Gasteiger partial charge in [-0.1, -0.05) is 30.7 Å². The van der Waals surface area contributed by atoms with E-state index in [1.165, 1.54) is 0 Å². The largest absolute Gasteiger partial charge is 0.493 e. The van der Waals surface area contributed by atoms with E-state index < -0.39 is 0 Å². The topological polar surface area (TPSA) is 47.1 Å². The molecule has 0 bridgehead atoms. The van der Waals surface area contributed by atoms with Gasteiger partial charge in [0.1, 0.15) is 10.5 Å². The summed E-state index contributed by atoms with van der Waals surface area (Å²) in [6, 6.07) is 3.60. The monoisotopic (exact) mass is 324 g/mol. The molecule has 0 radical (unpaired) electrons. The summed E-state index contributed by atoms with van der Waals surface area (Å²) in [5.74, 6) is 1.72. The Balaban J connectivity index is 2.62. The lowest BCUT2D eigenvalue weighted by atomic mass is 10.1. The second-order valence-corrected chi connectivity index (χ2v) is 5.34. The number of H-pyrrole nitrogens is 1. The quantitative estimate of drug-likeness (QED) is 0.849. The van der Waals surface area contributed by atoms with E-state index in [1.54, 1.807) is 20.3 Å². The maximum absolute atomic E-state index is 6.23. The van der Waals surface area contributed by atoms with Crippen molar-refractivity contribution < 1.29 is 9.47 Å². The zero-order chi connectivity index (χ0) is 15.6. The minimum Gasteiger partial charge on any atom is -0.493 e. The van der Waals surface area contributed by atoms with Crippen molar-refractivity contribution in [3.05, 3.63) is 33.1 Å². The number of aromatic amines is 1. The molecule has 1 aromatic carbocycles. The van der Waals surface area contributed by atoms with E-state index in [0.717, 1.165) is 23.2 Å². The minimum atomic E-state index is 0.463. The zero-order valence-electron chi connectivity index (χ0n) is 12.4. The molecule has 0 spiro atoms. The van der Waals surface area contributed by atoms with Crippen LogP contribution in [0.4, 0.5) is 0 Å². The molecule has 0 fully saturated rings. The molecule has 1 aromatic heterocycles. The first kappa shape index (κ1) is 15.8. The van der Waals surface area contributed by atoms with E-state index in [9.17, 15) is 0 Å². The van der Waals surface area contributed by atoms with Gasteiger partial charge in [-0.3, -0.25) is 0 Å². The van der Waals surface area contributed by atoms with Crippen LogP contribution in [0, 0.1) is 11.6 Å². The Labute approximate surface area is 134 Å². The summed E-state index contributed by atoms with van der Waals surface area (Å²) in [7, 11) is 3.12. The molecule has 2 rings (SSSR count). The molecule has 1 heterocycles. The van der Waals surface area contributed by atoms with Gasteiger partial charge in [-0.2, -0.15) is 0 Å². The summed E-state index contributed by atoms with van der Waals surface area (Å²) < 4.78 is 11.1. The number of aromatic nitrogens is 2. The maximum Gasteiger partial charge on any atom is 0.179 e. The standard InChI is InChI=1S/C15H17ClN2O2S/c1-5-10-8(2)17-14(18-15(10)21)9-6-11(16)13(20-4)12(7-9)19-3/h6-7H,5H2,1-4H3,(H,17,18,21). The number of halogens is 1. The third-order valence-corrected chi connectivity index (χ3v) is 3.91. The molecule has 0 aliphatic carbocycles. The fourth-order valence-corrected chi connectivity index (χ4v) is 2.89. The highest BCUT2D eigenvalue weighted by Crippen LogP contribution is 2.38. The smallest absolute Gasteiger partial charge is 0.179 e. The van der Waals surface area contributed by atoms with Crippen LogP contribution in [0.15, 0.2) is 12.1 Å². The van der Waals surface area contributed by atoms with Gasteiger partial charge in [-0.25, -0.2) is 4.98 Å². The van der Waals surface area contributed by atoms with Gasteiger partial charge in [0, 0.05) is 16.8 Å². The number of benzene rings is 1. The Morgan fingerprint density at radius 3 is 2.52 bits per heavy atom. The SMILES string of the molecule is CCc1c(C)[nH]c(-c2cc(Cl)c(OC)c(OC)c2)nc1=S. The Kier molecular flexibility index (Phi) is 4.85. The van der Waals surface area contributed by atoms with E-state index in [0.29, 0.717) is 27.0 Å². The van der Waals surface area contributed by atoms with Crippen LogP contribution in [0.25, 0.3) is 11.4 Å². The number of hydrogen-bond donors (Lipinski definition) is 1. The normalized spacial score (nSPS) is 10.5. The fraction of sp³-hybridized carbons (Fsp3) is 0.333. The molecule has 0 saturated heterocycles. The molecule has 2 aromatic rings. The van der Waals surface area contributed by atoms with Crippen LogP contribution in [-0.4, -0.2) is 24.2 Å². The van der Waals surface area contributed by atoms with Gasteiger partial charge in [0.2, 0.25) is 0 Å². The number of methoxy groups -OCH3 is 2. The van der Waals surface area contributed by atoms with Gasteiger partial charge in [0.05, 0.1) is 19.2 Å². The lowest BCUT2D eigenvalue weighted by Gasteiger charge is -2.12. The van der Waals surface area contributed by atoms with Crippen molar-refractivity contribution in [3.8, 4) is 22.9 Å². The first-order valence-electron chi connectivity index (χ1n) is 6.53. The molecule has 4 nitrogen and oxygen atoms in total. The second kappa shape index (κ2) is 6.45. The minimum absolute atomic E-state index is 0.463. The lowest BCUT2D eigenvalue weighted by Crippen LogP contribution is -2.00. The molecule has 0 aliphatic heterocycles. The number of nitrogens with one attached hydrogen (secondary N) is 1. The third-order valence-electron chi connectivity index (χ3n) is 3.29. The van der Waals surface area contributed by atoms with Gasteiger partial charge >= 0.3 is 0 Å². The van der Waals surface area contributed by atoms with Gasteiger partial charge in [0.15, 0.2) is 11.5 Å². The summed E-state index contributed by atoms with van der Waals surface area (Å²) in [4.78, 5) is 7.72. The molecule has 0 atom stereocenters. The van der Waals surface area contributed by atoms with Gasteiger partial charge in [0.25, 0.3) is 0 Å². The number of aryl methyl sites for hydroxylation is 1. The van der Waals surface area contributed by atoms with Crippen molar-refractivity contribution in [1.29, 1.82) is 0 Å². The molecular formula is C15H17ClN2O2S. The second-order valence-electron chi connectivity index (χ2n) is 4.54. The van der Waals surface area contributed by atoms with E-state index in [-0.39, 0.29) is 0 Å². The van der Waals surface area contributed by atoms with Crippen molar-refractivity contribution in [3.63, 3.8) is 0 Å². The van der Waals surface area contributed by atoms with Gasteiger partial charge < -0.3 is 14.5 Å². The summed E-state index contributed by atoms with van der Waals surface area (Å²) >= 11 is 11.6. The Morgan fingerprint density at radius 1 is 1.29 bits per heavy atom. The Bertz CT molecular complexity index is 728. The van der Waals surface area contributed by atoms with Crippen LogP contribution in [0.5, 0.6) is 11.5 Å². The first-order chi connectivity index (χ1) is 10.0. The van der Waals surface area contributed by atoms with Crippen LogP contribution >= 0.6 is 23.8 Å². The summed E-state index contributed by atoms with van der Waals surface area (Å²) in [6.07, 6.45) is 0.848.